The normalized spacial score (nSPS) is 15.1. The van der Waals surface area contributed by atoms with Gasteiger partial charge >= 0.3 is 0 Å². The molecule has 0 spiro atoms. The molecule has 4 nitrogen and oxygen atoms in total. The highest BCUT2D eigenvalue weighted by atomic mass is 32.2. The molecule has 0 saturated heterocycles. The van der Waals surface area contributed by atoms with Crippen LogP contribution < -0.4 is 5.32 Å². The second-order valence-corrected chi connectivity index (χ2v) is 3.60. The van der Waals surface area contributed by atoms with E-state index in [2.05, 4.69) is 9.50 Å². The van der Waals surface area contributed by atoms with Crippen molar-refractivity contribution >= 4 is 10.1 Å². The molecule has 10 heavy (non-hydrogen) atoms. The Morgan fingerprint density at radius 1 is 1.60 bits per heavy atom. The van der Waals surface area contributed by atoms with Gasteiger partial charge in [0, 0.05) is 0 Å². The first kappa shape index (κ1) is 9.87. The fourth-order valence-corrected chi connectivity index (χ4v) is 1.18. The SMILES string of the molecule is CCNC(C)OS(C)(=O)=O. The fraction of sp³-hybridized carbons (Fsp3) is 1.00. The highest BCUT2D eigenvalue weighted by Crippen LogP contribution is 1.91. The summed E-state index contributed by atoms with van der Waals surface area (Å²) in [7, 11) is -3.31. The lowest BCUT2D eigenvalue weighted by Crippen LogP contribution is -2.30. The number of nitrogens with one attached hydrogen (secondary N) is 1. The van der Waals surface area contributed by atoms with Crippen LogP contribution in [0.15, 0.2) is 0 Å². The summed E-state index contributed by atoms with van der Waals surface area (Å²) in [6, 6.07) is 0. The lowest BCUT2D eigenvalue weighted by atomic mass is 10.6. The summed E-state index contributed by atoms with van der Waals surface area (Å²) < 4.78 is 25.4. The molecule has 0 aliphatic carbocycles. The van der Waals surface area contributed by atoms with Gasteiger partial charge in [0.1, 0.15) is 6.23 Å². The van der Waals surface area contributed by atoms with E-state index in [-0.39, 0.29) is 0 Å². The molecule has 0 amide bonds. The molecule has 0 aromatic carbocycles. The van der Waals surface area contributed by atoms with Gasteiger partial charge in [-0.2, -0.15) is 8.42 Å². The van der Waals surface area contributed by atoms with Crippen LogP contribution >= 0.6 is 0 Å². The molecular weight excluding hydrogens is 154 g/mol. The summed E-state index contributed by atoms with van der Waals surface area (Å²) in [5.41, 5.74) is 0. The first-order valence-corrected chi connectivity index (χ1v) is 4.89. The fourth-order valence-electron chi connectivity index (χ4n) is 0.584. The molecule has 0 fully saturated rings. The lowest BCUT2D eigenvalue weighted by molar-refractivity contribution is 0.195. The third kappa shape index (κ3) is 6.00. The number of hydrogen-bond acceptors (Lipinski definition) is 4. The molecule has 0 saturated carbocycles. The van der Waals surface area contributed by atoms with Crippen molar-refractivity contribution in [2.75, 3.05) is 12.8 Å². The molecule has 1 unspecified atom stereocenters. The molecule has 0 aliphatic rings. The molecular formula is C5H13NO3S. The molecule has 0 rings (SSSR count). The third-order valence-corrected chi connectivity index (χ3v) is 1.45. The van der Waals surface area contributed by atoms with E-state index < -0.39 is 16.3 Å². The summed E-state index contributed by atoms with van der Waals surface area (Å²) >= 11 is 0. The molecule has 0 aromatic heterocycles. The van der Waals surface area contributed by atoms with E-state index in [0.29, 0.717) is 6.54 Å². The lowest BCUT2D eigenvalue weighted by Gasteiger charge is -2.10. The molecule has 1 N–H and O–H groups in total. The Hall–Kier alpha value is -0.130. The highest BCUT2D eigenvalue weighted by Gasteiger charge is 2.07. The zero-order valence-electron chi connectivity index (χ0n) is 6.42. The molecule has 0 radical (unpaired) electrons. The van der Waals surface area contributed by atoms with Crippen LogP contribution in [0.4, 0.5) is 0 Å². The van der Waals surface area contributed by atoms with Gasteiger partial charge in [0.2, 0.25) is 0 Å². The van der Waals surface area contributed by atoms with Gasteiger partial charge in [-0.3, -0.25) is 9.50 Å². The predicted molar refractivity (Wildman–Crippen MR) is 39.1 cm³/mol. The first-order chi connectivity index (χ1) is 4.45. The monoisotopic (exact) mass is 167 g/mol. The number of rotatable bonds is 4. The van der Waals surface area contributed by atoms with E-state index in [0.717, 1.165) is 6.26 Å². The van der Waals surface area contributed by atoms with E-state index in [1.807, 2.05) is 6.92 Å². The van der Waals surface area contributed by atoms with Gasteiger partial charge in [0.05, 0.1) is 6.26 Å². The maximum atomic E-state index is 10.5. The minimum Gasteiger partial charge on any atom is -0.291 e. The Balaban J connectivity index is 3.69. The van der Waals surface area contributed by atoms with Gasteiger partial charge in [0.15, 0.2) is 0 Å². The minimum absolute atomic E-state index is 0.431. The van der Waals surface area contributed by atoms with Crippen molar-refractivity contribution in [1.29, 1.82) is 0 Å². The Bertz CT molecular complexity index is 175. The van der Waals surface area contributed by atoms with E-state index >= 15 is 0 Å². The Labute approximate surface area is 61.7 Å². The van der Waals surface area contributed by atoms with Crippen LogP contribution in [-0.2, 0) is 14.3 Å². The van der Waals surface area contributed by atoms with Gasteiger partial charge in [-0.1, -0.05) is 6.92 Å². The van der Waals surface area contributed by atoms with Crippen molar-refractivity contribution in [1.82, 2.24) is 5.32 Å². The summed E-state index contributed by atoms with van der Waals surface area (Å²) in [5, 5.41) is 2.80. The van der Waals surface area contributed by atoms with Crippen LogP contribution in [0.3, 0.4) is 0 Å². The van der Waals surface area contributed by atoms with Gasteiger partial charge in [-0.05, 0) is 13.5 Å². The van der Waals surface area contributed by atoms with E-state index in [9.17, 15) is 8.42 Å². The van der Waals surface area contributed by atoms with Crippen molar-refractivity contribution in [3.8, 4) is 0 Å². The summed E-state index contributed by atoms with van der Waals surface area (Å²) in [4.78, 5) is 0. The van der Waals surface area contributed by atoms with Crippen molar-refractivity contribution in [3.05, 3.63) is 0 Å². The van der Waals surface area contributed by atoms with E-state index in [4.69, 9.17) is 0 Å². The molecule has 0 aliphatic heterocycles. The first-order valence-electron chi connectivity index (χ1n) is 3.07. The average molecular weight is 167 g/mol. The van der Waals surface area contributed by atoms with E-state index in [1.54, 1.807) is 6.92 Å². The van der Waals surface area contributed by atoms with Gasteiger partial charge in [-0.25, -0.2) is 0 Å². The van der Waals surface area contributed by atoms with E-state index in [1.165, 1.54) is 0 Å². The van der Waals surface area contributed by atoms with Gasteiger partial charge in [-0.15, -0.1) is 0 Å². The van der Waals surface area contributed by atoms with Crippen LogP contribution in [0.25, 0.3) is 0 Å². The molecule has 1 atom stereocenters. The average Bonchev–Trinajstić information content (AvgIpc) is 1.59. The van der Waals surface area contributed by atoms with Crippen molar-refractivity contribution in [2.45, 2.75) is 20.1 Å². The van der Waals surface area contributed by atoms with Crippen LogP contribution in [-0.4, -0.2) is 27.4 Å². The van der Waals surface area contributed by atoms with Crippen molar-refractivity contribution in [2.24, 2.45) is 0 Å². The van der Waals surface area contributed by atoms with Crippen LogP contribution in [0.5, 0.6) is 0 Å². The summed E-state index contributed by atoms with van der Waals surface area (Å²) in [6.07, 6.45) is 0.598. The quantitative estimate of drug-likeness (QED) is 0.470. The second-order valence-electron chi connectivity index (χ2n) is 2.00. The molecule has 5 heteroatoms. The zero-order chi connectivity index (χ0) is 8.20. The zero-order valence-corrected chi connectivity index (χ0v) is 7.23. The smallest absolute Gasteiger partial charge is 0.265 e. The van der Waals surface area contributed by atoms with Crippen LogP contribution in [0.1, 0.15) is 13.8 Å². The topological polar surface area (TPSA) is 55.4 Å². The van der Waals surface area contributed by atoms with Crippen molar-refractivity contribution in [3.63, 3.8) is 0 Å². The highest BCUT2D eigenvalue weighted by molar-refractivity contribution is 7.86. The predicted octanol–water partition coefficient (Wildman–Crippen LogP) is -0.0819. The molecule has 62 valence electrons. The van der Waals surface area contributed by atoms with Crippen LogP contribution in [0, 0.1) is 0 Å². The maximum Gasteiger partial charge on any atom is 0.265 e. The molecule has 0 aromatic rings. The summed E-state index contributed by atoms with van der Waals surface area (Å²) in [6.45, 7) is 4.21. The largest absolute Gasteiger partial charge is 0.291 e. The second kappa shape index (κ2) is 3.90. The Morgan fingerprint density at radius 2 is 2.10 bits per heavy atom. The van der Waals surface area contributed by atoms with Crippen molar-refractivity contribution < 1.29 is 12.6 Å². The Kier molecular flexibility index (Phi) is 3.85. The van der Waals surface area contributed by atoms with Gasteiger partial charge < -0.3 is 0 Å². The minimum atomic E-state index is -3.31. The standard InChI is InChI=1S/C5H13NO3S/c1-4-6-5(2)9-10(3,7)8/h5-6H,4H2,1-3H3. The maximum absolute atomic E-state index is 10.5. The summed E-state index contributed by atoms with van der Waals surface area (Å²) in [5.74, 6) is 0. The Morgan fingerprint density at radius 3 is 2.40 bits per heavy atom. The molecule has 0 bridgehead atoms. The van der Waals surface area contributed by atoms with Gasteiger partial charge in [0.25, 0.3) is 10.1 Å². The number of hydrogen-bond donors (Lipinski definition) is 1. The third-order valence-electron chi connectivity index (χ3n) is 0.811. The molecule has 0 heterocycles. The van der Waals surface area contributed by atoms with Crippen LogP contribution in [0.2, 0.25) is 0 Å².